The van der Waals surface area contributed by atoms with Crippen molar-refractivity contribution < 1.29 is 22.7 Å². The molecule has 0 aliphatic carbocycles. The number of nitrogens with two attached hydrogens (primary N) is 2. The summed E-state index contributed by atoms with van der Waals surface area (Å²) in [5.74, 6) is -0.980. The quantitative estimate of drug-likeness (QED) is 0.288. The number of aromatic amines is 1. The van der Waals surface area contributed by atoms with Gasteiger partial charge in [-0.05, 0) is 48.9 Å². The number of benzene rings is 2. The molecule has 156 valence electrons. The number of hydrogen-bond acceptors (Lipinski definition) is 4. The number of H-pyrrole nitrogens is 1. The third-order valence-corrected chi connectivity index (χ3v) is 3.95. The molecule has 0 aliphatic rings. The molecule has 1 amide bonds. The Bertz CT molecular complexity index is 1130. The maximum atomic E-state index is 12.5. The predicted molar refractivity (Wildman–Crippen MR) is 107 cm³/mol. The SMILES string of the molecule is CC(=NN=C(N)N)c1ccc(NC(=O)c2cc3cc(OC(F)(F)F)ccc3[nH]2)cc1. The van der Waals surface area contributed by atoms with Gasteiger partial charge in [0.2, 0.25) is 5.96 Å². The van der Waals surface area contributed by atoms with E-state index in [9.17, 15) is 18.0 Å². The van der Waals surface area contributed by atoms with E-state index < -0.39 is 12.3 Å². The summed E-state index contributed by atoms with van der Waals surface area (Å²) < 4.78 is 41.0. The van der Waals surface area contributed by atoms with E-state index in [4.69, 9.17) is 11.5 Å². The fourth-order valence-electron chi connectivity index (χ4n) is 2.61. The molecule has 2 aromatic carbocycles. The van der Waals surface area contributed by atoms with Crippen LogP contribution in [-0.4, -0.2) is 28.9 Å². The van der Waals surface area contributed by atoms with Gasteiger partial charge in [-0.2, -0.15) is 5.10 Å². The molecule has 3 aromatic rings. The summed E-state index contributed by atoms with van der Waals surface area (Å²) in [4.78, 5) is 15.3. The lowest BCUT2D eigenvalue weighted by Crippen LogP contribution is -2.22. The van der Waals surface area contributed by atoms with Crippen molar-refractivity contribution in [3.8, 4) is 5.75 Å². The minimum Gasteiger partial charge on any atom is -0.406 e. The zero-order valence-electron chi connectivity index (χ0n) is 15.6. The van der Waals surface area contributed by atoms with Crippen molar-refractivity contribution >= 4 is 34.2 Å². The second-order valence-corrected chi connectivity index (χ2v) is 6.22. The predicted octanol–water partition coefficient (Wildman–Crippen LogP) is 3.32. The van der Waals surface area contributed by atoms with Crippen molar-refractivity contribution in [2.24, 2.45) is 21.7 Å². The number of alkyl halides is 3. The first kappa shape index (κ1) is 20.7. The molecule has 0 atom stereocenters. The van der Waals surface area contributed by atoms with Crippen molar-refractivity contribution in [3.05, 3.63) is 59.8 Å². The maximum Gasteiger partial charge on any atom is 0.573 e. The van der Waals surface area contributed by atoms with E-state index >= 15 is 0 Å². The van der Waals surface area contributed by atoms with Crippen molar-refractivity contribution in [2.75, 3.05) is 5.32 Å². The van der Waals surface area contributed by atoms with Crippen LogP contribution in [0.15, 0.2) is 58.7 Å². The van der Waals surface area contributed by atoms with Gasteiger partial charge in [-0.25, -0.2) is 0 Å². The Kier molecular flexibility index (Phi) is 5.63. The highest BCUT2D eigenvalue weighted by Crippen LogP contribution is 2.27. The van der Waals surface area contributed by atoms with Crippen LogP contribution < -0.4 is 21.5 Å². The highest BCUT2D eigenvalue weighted by molar-refractivity contribution is 6.06. The highest BCUT2D eigenvalue weighted by atomic mass is 19.4. The van der Waals surface area contributed by atoms with Crippen LogP contribution in [0.5, 0.6) is 5.75 Å². The molecule has 0 radical (unpaired) electrons. The first-order chi connectivity index (χ1) is 14.1. The average Bonchev–Trinajstić information content (AvgIpc) is 3.09. The normalized spacial score (nSPS) is 11.9. The molecule has 0 saturated heterocycles. The first-order valence-electron chi connectivity index (χ1n) is 8.54. The second-order valence-electron chi connectivity index (χ2n) is 6.22. The Morgan fingerprint density at radius 3 is 2.40 bits per heavy atom. The summed E-state index contributed by atoms with van der Waals surface area (Å²) in [5.41, 5.74) is 13.0. The molecule has 1 heterocycles. The van der Waals surface area contributed by atoms with Gasteiger partial charge in [0.15, 0.2) is 0 Å². The van der Waals surface area contributed by atoms with Crippen LogP contribution in [0.3, 0.4) is 0 Å². The number of halogens is 3. The molecule has 11 heteroatoms. The number of fused-ring (bicyclic) bond motifs is 1. The molecule has 0 fully saturated rings. The third kappa shape index (κ3) is 5.28. The van der Waals surface area contributed by atoms with E-state index in [1.54, 1.807) is 31.2 Å². The number of hydrogen-bond donors (Lipinski definition) is 4. The van der Waals surface area contributed by atoms with Gasteiger partial charge in [-0.15, -0.1) is 18.3 Å². The summed E-state index contributed by atoms with van der Waals surface area (Å²) >= 11 is 0. The topological polar surface area (TPSA) is 131 Å². The van der Waals surface area contributed by atoms with Crippen molar-refractivity contribution in [3.63, 3.8) is 0 Å². The fourth-order valence-corrected chi connectivity index (χ4v) is 2.61. The minimum absolute atomic E-state index is 0.159. The zero-order valence-corrected chi connectivity index (χ0v) is 15.6. The Labute approximate surface area is 168 Å². The van der Waals surface area contributed by atoms with E-state index in [1.807, 2.05) is 0 Å². The summed E-state index contributed by atoms with van der Waals surface area (Å²) in [6.07, 6.45) is -4.79. The van der Waals surface area contributed by atoms with Gasteiger partial charge in [0.1, 0.15) is 11.4 Å². The zero-order chi connectivity index (χ0) is 21.9. The number of amides is 1. The molecule has 0 unspecified atom stereocenters. The number of nitrogens with zero attached hydrogens (tertiary/aromatic N) is 2. The number of ether oxygens (including phenoxy) is 1. The van der Waals surface area contributed by atoms with Gasteiger partial charge in [0, 0.05) is 16.6 Å². The molecule has 0 saturated carbocycles. The number of nitrogens with one attached hydrogen (secondary N) is 2. The van der Waals surface area contributed by atoms with Gasteiger partial charge in [0.05, 0.1) is 5.71 Å². The monoisotopic (exact) mass is 418 g/mol. The van der Waals surface area contributed by atoms with Crippen LogP contribution in [0.25, 0.3) is 10.9 Å². The second kappa shape index (κ2) is 8.15. The molecule has 0 bridgehead atoms. The lowest BCUT2D eigenvalue weighted by atomic mass is 10.1. The van der Waals surface area contributed by atoms with Crippen LogP contribution >= 0.6 is 0 Å². The van der Waals surface area contributed by atoms with E-state index in [0.29, 0.717) is 22.3 Å². The molecular formula is C19H17F3N6O2. The molecule has 3 rings (SSSR count). The largest absolute Gasteiger partial charge is 0.573 e. The number of carbonyl (C=O) groups is 1. The Balaban J connectivity index is 1.73. The highest BCUT2D eigenvalue weighted by Gasteiger charge is 2.31. The number of rotatable bonds is 5. The van der Waals surface area contributed by atoms with Crippen LogP contribution in [0.4, 0.5) is 18.9 Å². The summed E-state index contributed by atoms with van der Waals surface area (Å²) in [6.45, 7) is 1.72. The van der Waals surface area contributed by atoms with Crippen molar-refractivity contribution in [2.45, 2.75) is 13.3 Å². The van der Waals surface area contributed by atoms with Gasteiger partial charge in [0.25, 0.3) is 5.91 Å². The molecular weight excluding hydrogens is 401 g/mol. The van der Waals surface area contributed by atoms with Crippen LogP contribution in [-0.2, 0) is 0 Å². The standard InChI is InChI=1S/C19H17F3N6O2/c1-10(27-28-18(23)24)11-2-4-13(5-3-11)25-17(29)16-9-12-8-14(30-19(20,21)22)6-7-15(12)26-16/h2-9,26H,1H3,(H,25,29)(H4,23,24,28). The summed E-state index contributed by atoms with van der Waals surface area (Å²) in [5, 5.41) is 10.5. The summed E-state index contributed by atoms with van der Waals surface area (Å²) in [6, 6.07) is 12.0. The number of guanidine groups is 1. The number of aromatic nitrogens is 1. The number of carbonyl (C=O) groups excluding carboxylic acids is 1. The number of anilines is 1. The minimum atomic E-state index is -4.79. The van der Waals surface area contributed by atoms with Crippen molar-refractivity contribution in [1.29, 1.82) is 0 Å². The van der Waals surface area contributed by atoms with Gasteiger partial charge in [-0.3, -0.25) is 4.79 Å². The molecule has 0 spiro atoms. The average molecular weight is 418 g/mol. The molecule has 6 N–H and O–H groups in total. The third-order valence-electron chi connectivity index (χ3n) is 3.95. The van der Waals surface area contributed by atoms with E-state index in [-0.39, 0.29) is 17.4 Å². The van der Waals surface area contributed by atoms with Gasteiger partial charge in [-0.1, -0.05) is 12.1 Å². The van der Waals surface area contributed by atoms with Gasteiger partial charge < -0.3 is 26.5 Å². The Morgan fingerprint density at radius 1 is 1.07 bits per heavy atom. The molecule has 8 nitrogen and oxygen atoms in total. The van der Waals surface area contributed by atoms with E-state index in [0.717, 1.165) is 5.56 Å². The smallest absolute Gasteiger partial charge is 0.406 e. The van der Waals surface area contributed by atoms with E-state index in [2.05, 4.69) is 25.2 Å². The van der Waals surface area contributed by atoms with Gasteiger partial charge >= 0.3 is 6.36 Å². The van der Waals surface area contributed by atoms with Crippen LogP contribution in [0, 0.1) is 0 Å². The van der Waals surface area contributed by atoms with E-state index in [1.165, 1.54) is 24.3 Å². The lowest BCUT2D eigenvalue weighted by Gasteiger charge is -2.08. The maximum absolute atomic E-state index is 12.5. The van der Waals surface area contributed by atoms with Crippen LogP contribution in [0.1, 0.15) is 23.0 Å². The fraction of sp³-hybridized carbons (Fsp3) is 0.105. The molecule has 1 aromatic heterocycles. The van der Waals surface area contributed by atoms with Crippen LogP contribution in [0.2, 0.25) is 0 Å². The Morgan fingerprint density at radius 2 is 1.77 bits per heavy atom. The lowest BCUT2D eigenvalue weighted by molar-refractivity contribution is -0.274. The molecule has 0 aliphatic heterocycles. The summed E-state index contributed by atoms with van der Waals surface area (Å²) in [7, 11) is 0. The molecule has 30 heavy (non-hydrogen) atoms. The Hall–Kier alpha value is -4.02. The van der Waals surface area contributed by atoms with Crippen molar-refractivity contribution in [1.82, 2.24) is 4.98 Å². The first-order valence-corrected chi connectivity index (χ1v) is 8.54.